The molecule has 2 heteroatoms. The number of benzene rings is 3. The molecule has 3 heterocycles. The summed E-state index contributed by atoms with van der Waals surface area (Å²) in [5, 5.41) is 2.69. The second-order valence-electron chi connectivity index (χ2n) is 10.7. The van der Waals surface area contributed by atoms with E-state index < -0.39 is 0 Å². The number of hydrogen-bond donors (Lipinski definition) is 0. The quantitative estimate of drug-likeness (QED) is 0.218. The zero-order valence-electron chi connectivity index (χ0n) is 22.1. The Hall–Kier alpha value is -3.39. The monoisotopic (exact) mass is 473 g/mol. The van der Waals surface area contributed by atoms with Gasteiger partial charge in [-0.1, -0.05) is 57.5 Å². The molecule has 1 aliphatic heterocycles. The van der Waals surface area contributed by atoms with Crippen LogP contribution in [0.2, 0.25) is 0 Å². The lowest BCUT2D eigenvalue weighted by atomic mass is 9.68. The maximum atomic E-state index is 2.53. The van der Waals surface area contributed by atoms with Gasteiger partial charge in [0.1, 0.15) is 0 Å². The molecule has 0 N–H and O–H groups in total. The van der Waals surface area contributed by atoms with Crippen LogP contribution in [0.3, 0.4) is 0 Å². The Labute approximate surface area is 215 Å². The first kappa shape index (κ1) is 23.0. The van der Waals surface area contributed by atoms with Gasteiger partial charge >= 0.3 is 0 Å². The highest BCUT2D eigenvalue weighted by Gasteiger charge is 2.46. The van der Waals surface area contributed by atoms with E-state index in [2.05, 4.69) is 122 Å². The van der Waals surface area contributed by atoms with E-state index in [4.69, 9.17) is 0 Å². The molecule has 0 bridgehead atoms. The molecule has 3 aromatic carbocycles. The van der Waals surface area contributed by atoms with Gasteiger partial charge in [0.25, 0.3) is 0 Å². The van der Waals surface area contributed by atoms with Crippen molar-refractivity contribution >= 4 is 21.8 Å². The number of nitrogens with zero attached hydrogens (tertiary/aromatic N) is 2. The van der Waals surface area contributed by atoms with Gasteiger partial charge in [0.2, 0.25) is 5.69 Å². The number of para-hydroxylation sites is 1. The number of hydrogen-bond acceptors (Lipinski definition) is 0. The lowest BCUT2D eigenvalue weighted by Crippen LogP contribution is -2.54. The van der Waals surface area contributed by atoms with E-state index >= 15 is 0 Å². The fraction of sp³-hybridized carbons (Fsp3) is 0.324. The molecule has 1 aliphatic rings. The fourth-order valence-corrected chi connectivity index (χ4v) is 6.73. The average Bonchev–Trinajstić information content (AvgIpc) is 3.25. The molecule has 0 saturated carbocycles. The zero-order chi connectivity index (χ0) is 24.9. The van der Waals surface area contributed by atoms with E-state index in [0.717, 1.165) is 19.3 Å². The summed E-state index contributed by atoms with van der Waals surface area (Å²) in [4.78, 5) is 0. The Balaban J connectivity index is 1.60. The second kappa shape index (κ2) is 8.92. The van der Waals surface area contributed by atoms with Crippen LogP contribution >= 0.6 is 0 Å². The van der Waals surface area contributed by atoms with Gasteiger partial charge in [-0.25, -0.2) is 0 Å². The summed E-state index contributed by atoms with van der Waals surface area (Å²) in [6.45, 7) is 9.40. The lowest BCUT2D eigenvalue weighted by molar-refractivity contribution is -0.724. The second-order valence-corrected chi connectivity index (χ2v) is 10.7. The van der Waals surface area contributed by atoms with E-state index in [1.54, 1.807) is 0 Å². The number of unbranched alkanes of at least 4 members (excludes halogenated alkanes) is 1. The number of rotatable bonds is 6. The predicted octanol–water partition coefficient (Wildman–Crippen LogP) is 8.71. The van der Waals surface area contributed by atoms with Gasteiger partial charge in [-0.15, -0.1) is 0 Å². The Morgan fingerprint density at radius 1 is 0.833 bits per heavy atom. The van der Waals surface area contributed by atoms with Gasteiger partial charge in [-0.3, -0.25) is 0 Å². The molecule has 182 valence electrons. The highest BCUT2D eigenvalue weighted by atomic mass is 15.0. The van der Waals surface area contributed by atoms with Gasteiger partial charge in [-0.05, 0) is 73.7 Å². The number of aromatic nitrogens is 2. The topological polar surface area (TPSA) is 8.81 Å². The van der Waals surface area contributed by atoms with E-state index in [1.807, 2.05) is 0 Å². The third kappa shape index (κ3) is 3.34. The van der Waals surface area contributed by atoms with Crippen molar-refractivity contribution in [1.82, 2.24) is 4.57 Å². The van der Waals surface area contributed by atoms with E-state index in [-0.39, 0.29) is 5.41 Å². The first-order valence-electron chi connectivity index (χ1n) is 13.8. The maximum Gasteiger partial charge on any atom is 0.213 e. The molecule has 2 aromatic heterocycles. The average molecular weight is 474 g/mol. The summed E-state index contributed by atoms with van der Waals surface area (Å²) in [6, 6.07) is 30.3. The summed E-state index contributed by atoms with van der Waals surface area (Å²) >= 11 is 0. The maximum absolute atomic E-state index is 2.53. The standard InChI is InChI=1S/C34H37N2/c1-5-8-13-24-17-20-32-27(22-24)26-14-9-10-16-31(26)36(32)25-18-19-29-28(23-25)30-15-11-12-21-35(30)33(6-2)34(29,4)7-3/h9-12,14-23,33H,5-8,13H2,1-4H3/q+1. The summed E-state index contributed by atoms with van der Waals surface area (Å²) < 4.78 is 5.00. The van der Waals surface area contributed by atoms with Gasteiger partial charge in [-0.2, -0.15) is 4.57 Å². The summed E-state index contributed by atoms with van der Waals surface area (Å²) in [6.07, 6.45) is 8.14. The molecule has 0 amide bonds. The fourth-order valence-electron chi connectivity index (χ4n) is 6.73. The molecule has 36 heavy (non-hydrogen) atoms. The number of fused-ring (bicyclic) bond motifs is 6. The molecular formula is C34H37N2+. The van der Waals surface area contributed by atoms with Crippen molar-refractivity contribution in [2.24, 2.45) is 0 Å². The van der Waals surface area contributed by atoms with Crippen LogP contribution in [0.25, 0.3) is 38.8 Å². The molecule has 0 radical (unpaired) electrons. The van der Waals surface area contributed by atoms with Crippen LogP contribution in [-0.4, -0.2) is 4.57 Å². The normalized spacial score (nSPS) is 18.9. The minimum Gasteiger partial charge on any atom is -0.309 e. The molecule has 5 aromatic rings. The van der Waals surface area contributed by atoms with Crippen molar-refractivity contribution in [1.29, 1.82) is 0 Å². The lowest BCUT2D eigenvalue weighted by Gasteiger charge is -2.38. The number of pyridine rings is 1. The SMILES string of the molecule is CCCCc1ccc2c(c1)c1ccccc1n2-c1ccc2c(c1)-c1cccc[n+]1C(CC)C2(C)CC. The van der Waals surface area contributed by atoms with Crippen molar-refractivity contribution in [2.45, 2.75) is 71.3 Å². The van der Waals surface area contributed by atoms with Gasteiger partial charge in [0, 0.05) is 35.0 Å². The minimum absolute atomic E-state index is 0.108. The van der Waals surface area contributed by atoms with E-state index in [1.165, 1.54) is 62.7 Å². The summed E-state index contributed by atoms with van der Waals surface area (Å²) in [5.74, 6) is 0. The van der Waals surface area contributed by atoms with Crippen molar-refractivity contribution in [3.63, 3.8) is 0 Å². The molecule has 2 nitrogen and oxygen atoms in total. The first-order chi connectivity index (χ1) is 17.6. The van der Waals surface area contributed by atoms with Crippen LogP contribution in [0.4, 0.5) is 0 Å². The van der Waals surface area contributed by atoms with Crippen LogP contribution in [0, 0.1) is 0 Å². The van der Waals surface area contributed by atoms with Gasteiger partial charge < -0.3 is 4.57 Å². The predicted molar refractivity (Wildman–Crippen MR) is 152 cm³/mol. The third-order valence-corrected chi connectivity index (χ3v) is 8.79. The smallest absolute Gasteiger partial charge is 0.213 e. The van der Waals surface area contributed by atoms with E-state index in [9.17, 15) is 0 Å². The zero-order valence-corrected chi connectivity index (χ0v) is 22.1. The first-order valence-corrected chi connectivity index (χ1v) is 13.8. The Kier molecular flexibility index (Phi) is 5.71. The van der Waals surface area contributed by atoms with Gasteiger partial charge in [0.05, 0.1) is 22.0 Å². The summed E-state index contributed by atoms with van der Waals surface area (Å²) in [7, 11) is 0. The Morgan fingerprint density at radius 3 is 2.44 bits per heavy atom. The Morgan fingerprint density at radius 2 is 1.64 bits per heavy atom. The van der Waals surface area contributed by atoms with E-state index in [0.29, 0.717) is 6.04 Å². The molecule has 0 spiro atoms. The third-order valence-electron chi connectivity index (χ3n) is 8.79. The Bertz CT molecular complexity index is 1570. The molecule has 0 saturated heterocycles. The largest absolute Gasteiger partial charge is 0.309 e. The van der Waals surface area contributed by atoms with Crippen LogP contribution in [0.5, 0.6) is 0 Å². The highest BCUT2D eigenvalue weighted by molar-refractivity contribution is 6.09. The molecule has 0 aliphatic carbocycles. The molecule has 0 fully saturated rings. The van der Waals surface area contributed by atoms with Crippen molar-refractivity contribution in [2.75, 3.05) is 0 Å². The molecule has 6 rings (SSSR count). The van der Waals surface area contributed by atoms with Crippen LogP contribution in [0.15, 0.2) is 85.1 Å². The highest BCUT2D eigenvalue weighted by Crippen LogP contribution is 2.47. The van der Waals surface area contributed by atoms with Crippen LogP contribution in [-0.2, 0) is 11.8 Å². The van der Waals surface area contributed by atoms with Crippen molar-refractivity contribution in [3.05, 3.63) is 96.2 Å². The molecule has 2 unspecified atom stereocenters. The summed E-state index contributed by atoms with van der Waals surface area (Å²) in [5.41, 5.74) is 9.53. The molecular weight excluding hydrogens is 436 g/mol. The van der Waals surface area contributed by atoms with Crippen LogP contribution in [0.1, 0.15) is 70.5 Å². The number of aryl methyl sites for hydroxylation is 1. The van der Waals surface area contributed by atoms with Crippen LogP contribution < -0.4 is 4.57 Å². The molecule has 2 atom stereocenters. The minimum atomic E-state index is 0.108. The van der Waals surface area contributed by atoms with Crippen molar-refractivity contribution in [3.8, 4) is 16.9 Å². The van der Waals surface area contributed by atoms with Gasteiger partial charge in [0.15, 0.2) is 12.2 Å². The van der Waals surface area contributed by atoms with Crippen molar-refractivity contribution < 1.29 is 4.57 Å².